The van der Waals surface area contributed by atoms with E-state index in [0.717, 1.165) is 41.3 Å². The molecule has 0 radical (unpaired) electrons. The zero-order chi connectivity index (χ0) is 13.8. The van der Waals surface area contributed by atoms with Gasteiger partial charge in [-0.25, -0.2) is 15.0 Å². The molecule has 4 aromatic rings. The fourth-order valence-corrected chi connectivity index (χ4v) is 2.84. The largest absolute Gasteiger partial charge is 0.347 e. The van der Waals surface area contributed by atoms with Gasteiger partial charge in [-0.15, -0.1) is 10.2 Å². The molecular weight excluding hydrogens is 270 g/mol. The average molecular weight is 281 g/mol. The van der Waals surface area contributed by atoms with E-state index in [1.165, 1.54) is 0 Å². The fourth-order valence-electron chi connectivity index (χ4n) is 2.84. The molecule has 1 aliphatic heterocycles. The van der Waals surface area contributed by atoms with Gasteiger partial charge in [-0.05, 0) is 0 Å². The molecule has 104 valence electrons. The van der Waals surface area contributed by atoms with E-state index < -0.39 is 0 Å². The number of hydrogen-bond acceptors (Lipinski definition) is 6. The van der Waals surface area contributed by atoms with Gasteiger partial charge in [0.05, 0.1) is 30.1 Å². The molecule has 0 aliphatic carbocycles. The van der Waals surface area contributed by atoms with Gasteiger partial charge in [0.2, 0.25) is 0 Å². The van der Waals surface area contributed by atoms with Crippen LogP contribution in [0, 0.1) is 0 Å². The molecule has 0 saturated heterocycles. The van der Waals surface area contributed by atoms with Crippen LogP contribution in [0.15, 0.2) is 19.0 Å². The van der Waals surface area contributed by atoms with E-state index >= 15 is 0 Å². The second kappa shape index (κ2) is 3.85. The van der Waals surface area contributed by atoms with Crippen LogP contribution in [0.5, 0.6) is 0 Å². The van der Waals surface area contributed by atoms with Crippen LogP contribution in [0.1, 0.15) is 23.3 Å². The third-order valence-corrected chi connectivity index (χ3v) is 3.90. The van der Waals surface area contributed by atoms with Crippen molar-refractivity contribution in [3.05, 3.63) is 36.2 Å². The van der Waals surface area contributed by atoms with Crippen LogP contribution >= 0.6 is 0 Å². The molecule has 9 nitrogen and oxygen atoms in total. The van der Waals surface area contributed by atoms with Crippen molar-refractivity contribution in [3.8, 4) is 0 Å². The Hall–Kier alpha value is -2.81. The lowest BCUT2D eigenvalue weighted by molar-refractivity contribution is 0.464. The summed E-state index contributed by atoms with van der Waals surface area (Å²) in [4.78, 5) is 19.0. The lowest BCUT2D eigenvalue weighted by Crippen LogP contribution is -2.30. The van der Waals surface area contributed by atoms with Crippen molar-refractivity contribution < 1.29 is 0 Å². The normalized spacial score (nSPS) is 18.4. The topological polar surface area (TPSA) is 112 Å². The molecule has 0 saturated carbocycles. The molecule has 0 fully saturated rings. The third-order valence-electron chi connectivity index (χ3n) is 3.90. The molecule has 1 unspecified atom stereocenters. The van der Waals surface area contributed by atoms with E-state index in [2.05, 4.69) is 40.4 Å². The van der Waals surface area contributed by atoms with Crippen LogP contribution in [0.2, 0.25) is 0 Å². The molecule has 3 N–H and O–H groups in total. The van der Waals surface area contributed by atoms with Crippen molar-refractivity contribution in [2.45, 2.75) is 19.0 Å². The maximum Gasteiger partial charge on any atom is 0.189 e. The SMILES string of the molecule is c1nc2c([nH]1)CNC(c1nnc3c4[nH]cnc4ncn13)C2. The molecule has 0 amide bonds. The number of nitrogens with one attached hydrogen (secondary N) is 3. The molecule has 0 aromatic carbocycles. The van der Waals surface area contributed by atoms with Crippen molar-refractivity contribution in [3.63, 3.8) is 0 Å². The van der Waals surface area contributed by atoms with Gasteiger partial charge in [-0.2, -0.15) is 0 Å². The summed E-state index contributed by atoms with van der Waals surface area (Å²) >= 11 is 0. The predicted octanol–water partition coefficient (Wildman–Crippen LogP) is 0.111. The van der Waals surface area contributed by atoms with E-state index in [1.807, 2.05) is 4.40 Å². The molecule has 5 heterocycles. The number of nitrogens with zero attached hydrogens (tertiary/aromatic N) is 6. The highest BCUT2D eigenvalue weighted by Gasteiger charge is 2.25. The first-order valence-electron chi connectivity index (χ1n) is 6.67. The highest BCUT2D eigenvalue weighted by Crippen LogP contribution is 2.24. The molecule has 0 spiro atoms. The van der Waals surface area contributed by atoms with Crippen LogP contribution in [0.3, 0.4) is 0 Å². The van der Waals surface area contributed by atoms with E-state index in [9.17, 15) is 0 Å². The maximum absolute atomic E-state index is 4.35. The fraction of sp³-hybridized carbons (Fsp3) is 0.250. The van der Waals surface area contributed by atoms with Gasteiger partial charge >= 0.3 is 0 Å². The lowest BCUT2D eigenvalue weighted by Gasteiger charge is -2.21. The van der Waals surface area contributed by atoms with Crippen molar-refractivity contribution in [1.82, 2.24) is 44.8 Å². The Bertz CT molecular complexity index is 946. The van der Waals surface area contributed by atoms with Gasteiger partial charge in [0.25, 0.3) is 0 Å². The quantitative estimate of drug-likeness (QED) is 0.456. The minimum atomic E-state index is 0.0676. The molecule has 1 atom stereocenters. The minimum Gasteiger partial charge on any atom is -0.347 e. The molecule has 5 rings (SSSR count). The molecule has 1 aliphatic rings. The minimum absolute atomic E-state index is 0.0676. The maximum atomic E-state index is 4.35. The molecule has 4 aromatic heterocycles. The van der Waals surface area contributed by atoms with E-state index in [0.29, 0.717) is 5.65 Å². The van der Waals surface area contributed by atoms with Gasteiger partial charge in [0, 0.05) is 13.0 Å². The monoisotopic (exact) mass is 281 g/mol. The van der Waals surface area contributed by atoms with Gasteiger partial charge in [0.15, 0.2) is 17.1 Å². The Morgan fingerprint density at radius 3 is 3.05 bits per heavy atom. The van der Waals surface area contributed by atoms with Gasteiger partial charge in [-0.3, -0.25) is 4.40 Å². The van der Waals surface area contributed by atoms with Crippen molar-refractivity contribution in [2.75, 3.05) is 0 Å². The first-order chi connectivity index (χ1) is 10.4. The van der Waals surface area contributed by atoms with Crippen molar-refractivity contribution >= 4 is 16.8 Å². The second-order valence-electron chi connectivity index (χ2n) is 5.06. The summed E-state index contributed by atoms with van der Waals surface area (Å²) in [5.41, 5.74) is 4.39. The Morgan fingerprint density at radius 2 is 2.05 bits per heavy atom. The zero-order valence-electron chi connectivity index (χ0n) is 10.9. The summed E-state index contributed by atoms with van der Waals surface area (Å²) < 4.78 is 1.90. The van der Waals surface area contributed by atoms with Gasteiger partial charge in [-0.1, -0.05) is 0 Å². The van der Waals surface area contributed by atoms with Crippen molar-refractivity contribution in [2.24, 2.45) is 0 Å². The zero-order valence-corrected chi connectivity index (χ0v) is 10.9. The highest BCUT2D eigenvalue weighted by atomic mass is 15.3. The number of aromatic amines is 2. The number of H-pyrrole nitrogens is 2. The summed E-state index contributed by atoms with van der Waals surface area (Å²) in [6, 6.07) is 0.0676. The summed E-state index contributed by atoms with van der Waals surface area (Å²) in [6.45, 7) is 0.745. The van der Waals surface area contributed by atoms with Crippen LogP contribution in [0.4, 0.5) is 0 Å². The first kappa shape index (κ1) is 10.9. The molecule has 9 heteroatoms. The van der Waals surface area contributed by atoms with E-state index in [4.69, 9.17) is 0 Å². The van der Waals surface area contributed by atoms with Crippen molar-refractivity contribution in [1.29, 1.82) is 0 Å². The molecule has 21 heavy (non-hydrogen) atoms. The summed E-state index contributed by atoms with van der Waals surface area (Å²) in [7, 11) is 0. The van der Waals surface area contributed by atoms with E-state index in [-0.39, 0.29) is 6.04 Å². The lowest BCUT2D eigenvalue weighted by atomic mass is 10.1. The van der Waals surface area contributed by atoms with Crippen LogP contribution in [-0.4, -0.2) is 39.5 Å². The Morgan fingerprint density at radius 1 is 1.10 bits per heavy atom. The molecule has 0 bridgehead atoms. The Balaban J connectivity index is 1.65. The average Bonchev–Trinajstić information content (AvgIpc) is 3.23. The predicted molar refractivity (Wildman–Crippen MR) is 72.3 cm³/mol. The second-order valence-corrected chi connectivity index (χ2v) is 5.06. The Labute approximate surface area is 117 Å². The number of aromatic nitrogens is 8. The van der Waals surface area contributed by atoms with Crippen LogP contribution in [-0.2, 0) is 13.0 Å². The standard InChI is InChI=1S/C12H11N9/c1-6-8(15-3-14-6)2-13-7(1)11-19-20-12-9-10(17-4-16-9)18-5-21(11)12/h3-5,7,13H,1-2H2,(H,14,15)(H,16,17). The summed E-state index contributed by atoms with van der Waals surface area (Å²) in [5, 5.41) is 12.1. The number of fused-ring (bicyclic) bond motifs is 4. The van der Waals surface area contributed by atoms with Gasteiger partial charge < -0.3 is 15.3 Å². The Kier molecular flexibility index (Phi) is 2.00. The summed E-state index contributed by atoms with van der Waals surface area (Å²) in [6.07, 6.45) is 5.84. The highest BCUT2D eigenvalue weighted by molar-refractivity contribution is 5.84. The summed E-state index contributed by atoms with van der Waals surface area (Å²) in [5.74, 6) is 0.836. The van der Waals surface area contributed by atoms with Gasteiger partial charge in [0.1, 0.15) is 11.8 Å². The van der Waals surface area contributed by atoms with Crippen LogP contribution in [0.25, 0.3) is 16.8 Å². The number of rotatable bonds is 1. The molecular formula is C12H11N9. The van der Waals surface area contributed by atoms with Crippen LogP contribution < -0.4 is 5.32 Å². The van der Waals surface area contributed by atoms with E-state index in [1.54, 1.807) is 19.0 Å². The number of hydrogen-bond donors (Lipinski definition) is 3. The number of imidazole rings is 2. The third kappa shape index (κ3) is 1.46. The first-order valence-corrected chi connectivity index (χ1v) is 6.67. The smallest absolute Gasteiger partial charge is 0.189 e.